The highest BCUT2D eigenvalue weighted by Gasteiger charge is 2.14. The van der Waals surface area contributed by atoms with Crippen molar-refractivity contribution >= 4 is 11.7 Å². The Morgan fingerprint density at radius 1 is 1.15 bits per heavy atom. The molecule has 1 saturated heterocycles. The number of carbonyl (C=O) groups is 1. The number of benzene rings is 1. The number of amides is 1. The summed E-state index contributed by atoms with van der Waals surface area (Å²) < 4.78 is 16.0. The number of carbonyl (C=O) groups excluding carboxylic acids is 1. The van der Waals surface area contributed by atoms with Crippen molar-refractivity contribution in [2.24, 2.45) is 0 Å². The summed E-state index contributed by atoms with van der Waals surface area (Å²) >= 11 is 0. The van der Waals surface area contributed by atoms with Gasteiger partial charge >= 0.3 is 0 Å². The summed E-state index contributed by atoms with van der Waals surface area (Å²) in [7, 11) is 1.61. The Bertz CT molecular complexity index is 700. The SMILES string of the molecule is COc1ccc(OCCNC(=O)c2cnc(N3CCOCC3)cn2)cc1. The summed E-state index contributed by atoms with van der Waals surface area (Å²) in [5.74, 6) is 1.97. The molecule has 1 aliphatic rings. The Hall–Kier alpha value is -2.87. The highest BCUT2D eigenvalue weighted by atomic mass is 16.5. The van der Waals surface area contributed by atoms with Gasteiger partial charge in [0.2, 0.25) is 0 Å². The number of ether oxygens (including phenoxy) is 3. The minimum absolute atomic E-state index is 0.274. The summed E-state index contributed by atoms with van der Waals surface area (Å²) in [6.45, 7) is 3.65. The Morgan fingerprint density at radius 3 is 2.54 bits per heavy atom. The molecule has 0 aliphatic carbocycles. The number of nitrogens with one attached hydrogen (secondary N) is 1. The topological polar surface area (TPSA) is 85.8 Å². The van der Waals surface area contributed by atoms with Gasteiger partial charge in [-0.2, -0.15) is 0 Å². The normalized spacial score (nSPS) is 14.0. The number of nitrogens with zero attached hydrogens (tertiary/aromatic N) is 3. The van der Waals surface area contributed by atoms with E-state index < -0.39 is 0 Å². The minimum Gasteiger partial charge on any atom is -0.497 e. The molecule has 2 heterocycles. The standard InChI is InChI=1S/C18H22N4O4/c1-24-14-2-4-15(5-3-14)26-9-6-19-18(23)16-12-21-17(13-20-16)22-7-10-25-11-8-22/h2-5,12-13H,6-11H2,1H3,(H,19,23). The monoisotopic (exact) mass is 358 g/mol. The van der Waals surface area contributed by atoms with E-state index in [1.165, 1.54) is 6.20 Å². The van der Waals surface area contributed by atoms with E-state index in [2.05, 4.69) is 20.2 Å². The number of methoxy groups -OCH3 is 1. The van der Waals surface area contributed by atoms with Gasteiger partial charge in [-0.1, -0.05) is 0 Å². The fourth-order valence-electron chi connectivity index (χ4n) is 2.49. The predicted molar refractivity (Wildman–Crippen MR) is 95.9 cm³/mol. The smallest absolute Gasteiger partial charge is 0.271 e. The quantitative estimate of drug-likeness (QED) is 0.743. The van der Waals surface area contributed by atoms with Crippen LogP contribution in [-0.2, 0) is 4.74 Å². The maximum Gasteiger partial charge on any atom is 0.271 e. The fraction of sp³-hybridized carbons (Fsp3) is 0.389. The molecular weight excluding hydrogens is 336 g/mol. The molecule has 1 fully saturated rings. The molecule has 0 unspecified atom stereocenters. The zero-order chi connectivity index (χ0) is 18.2. The third-order valence-corrected chi connectivity index (χ3v) is 3.92. The largest absolute Gasteiger partial charge is 0.497 e. The Labute approximate surface area is 152 Å². The molecule has 0 bridgehead atoms. The highest BCUT2D eigenvalue weighted by Crippen LogP contribution is 2.16. The van der Waals surface area contributed by atoms with Crippen molar-refractivity contribution in [2.45, 2.75) is 0 Å². The van der Waals surface area contributed by atoms with Crippen molar-refractivity contribution in [1.82, 2.24) is 15.3 Å². The first-order chi connectivity index (χ1) is 12.8. The van der Waals surface area contributed by atoms with Crippen LogP contribution in [0.4, 0.5) is 5.82 Å². The lowest BCUT2D eigenvalue weighted by Crippen LogP contribution is -2.37. The number of hydrogen-bond donors (Lipinski definition) is 1. The van der Waals surface area contributed by atoms with E-state index in [4.69, 9.17) is 14.2 Å². The van der Waals surface area contributed by atoms with Crippen LogP contribution in [0.25, 0.3) is 0 Å². The van der Waals surface area contributed by atoms with Crippen molar-refractivity contribution < 1.29 is 19.0 Å². The Morgan fingerprint density at radius 2 is 1.88 bits per heavy atom. The molecule has 1 aromatic carbocycles. The second-order valence-electron chi connectivity index (χ2n) is 5.64. The third kappa shape index (κ3) is 4.82. The van der Waals surface area contributed by atoms with E-state index in [9.17, 15) is 4.79 Å². The van der Waals surface area contributed by atoms with Gasteiger partial charge in [0.05, 0.1) is 39.3 Å². The van der Waals surface area contributed by atoms with Gasteiger partial charge in [-0.25, -0.2) is 9.97 Å². The van der Waals surface area contributed by atoms with Gasteiger partial charge in [-0.15, -0.1) is 0 Å². The van der Waals surface area contributed by atoms with E-state index in [0.29, 0.717) is 26.4 Å². The van der Waals surface area contributed by atoms with Crippen molar-refractivity contribution in [3.63, 3.8) is 0 Å². The number of morpholine rings is 1. The van der Waals surface area contributed by atoms with Crippen LogP contribution in [0.3, 0.4) is 0 Å². The molecule has 8 heteroatoms. The summed E-state index contributed by atoms with van der Waals surface area (Å²) in [6.07, 6.45) is 3.11. The molecule has 0 atom stereocenters. The van der Waals surface area contributed by atoms with Crippen LogP contribution in [0, 0.1) is 0 Å². The summed E-state index contributed by atoms with van der Waals surface area (Å²) in [6, 6.07) is 7.27. The number of hydrogen-bond acceptors (Lipinski definition) is 7. The molecule has 1 N–H and O–H groups in total. The van der Waals surface area contributed by atoms with Gasteiger partial charge in [-0.05, 0) is 24.3 Å². The van der Waals surface area contributed by atoms with Gasteiger partial charge in [0.25, 0.3) is 5.91 Å². The van der Waals surface area contributed by atoms with Crippen LogP contribution >= 0.6 is 0 Å². The lowest BCUT2D eigenvalue weighted by atomic mass is 10.3. The summed E-state index contributed by atoms with van der Waals surface area (Å²) in [4.78, 5) is 22.7. The summed E-state index contributed by atoms with van der Waals surface area (Å²) in [5.41, 5.74) is 0.284. The average molecular weight is 358 g/mol. The van der Waals surface area contributed by atoms with Gasteiger partial charge in [0.1, 0.15) is 29.6 Å². The number of rotatable bonds is 7. The first-order valence-corrected chi connectivity index (χ1v) is 8.46. The van der Waals surface area contributed by atoms with Crippen LogP contribution < -0.4 is 19.7 Å². The highest BCUT2D eigenvalue weighted by molar-refractivity contribution is 5.91. The molecule has 26 heavy (non-hydrogen) atoms. The Kier molecular flexibility index (Phi) is 6.21. The van der Waals surface area contributed by atoms with E-state index in [1.807, 2.05) is 24.3 Å². The van der Waals surface area contributed by atoms with Crippen LogP contribution in [-0.4, -0.2) is 62.4 Å². The lowest BCUT2D eigenvalue weighted by Gasteiger charge is -2.27. The van der Waals surface area contributed by atoms with Gasteiger partial charge in [-0.3, -0.25) is 4.79 Å². The van der Waals surface area contributed by atoms with Crippen LogP contribution in [0.2, 0.25) is 0 Å². The zero-order valence-corrected chi connectivity index (χ0v) is 14.7. The molecule has 0 radical (unpaired) electrons. The molecule has 1 aromatic heterocycles. The van der Waals surface area contributed by atoms with Crippen molar-refractivity contribution in [3.8, 4) is 11.5 Å². The molecule has 8 nitrogen and oxygen atoms in total. The molecule has 138 valence electrons. The lowest BCUT2D eigenvalue weighted by molar-refractivity contribution is 0.0941. The van der Waals surface area contributed by atoms with Crippen LogP contribution in [0.1, 0.15) is 10.5 Å². The van der Waals surface area contributed by atoms with E-state index in [0.717, 1.165) is 30.4 Å². The zero-order valence-electron chi connectivity index (χ0n) is 14.7. The average Bonchev–Trinajstić information content (AvgIpc) is 2.72. The molecule has 1 amide bonds. The first-order valence-electron chi connectivity index (χ1n) is 8.46. The number of anilines is 1. The van der Waals surface area contributed by atoms with Crippen LogP contribution in [0.15, 0.2) is 36.7 Å². The van der Waals surface area contributed by atoms with Crippen molar-refractivity contribution in [3.05, 3.63) is 42.4 Å². The minimum atomic E-state index is -0.274. The molecule has 0 saturated carbocycles. The second kappa shape index (κ2) is 9.00. The van der Waals surface area contributed by atoms with Crippen molar-refractivity contribution in [2.75, 3.05) is 51.5 Å². The van der Waals surface area contributed by atoms with Gasteiger partial charge in [0.15, 0.2) is 0 Å². The Balaban J connectivity index is 1.42. The fourth-order valence-corrected chi connectivity index (χ4v) is 2.49. The predicted octanol–water partition coefficient (Wildman–Crippen LogP) is 1.13. The molecule has 1 aliphatic heterocycles. The van der Waals surface area contributed by atoms with E-state index in [1.54, 1.807) is 13.3 Å². The van der Waals surface area contributed by atoms with E-state index in [-0.39, 0.29) is 11.6 Å². The molecule has 2 aromatic rings. The molecular formula is C18H22N4O4. The van der Waals surface area contributed by atoms with Crippen LogP contribution in [0.5, 0.6) is 11.5 Å². The molecule has 3 rings (SSSR count). The van der Waals surface area contributed by atoms with E-state index >= 15 is 0 Å². The number of aromatic nitrogens is 2. The van der Waals surface area contributed by atoms with Gasteiger partial charge in [0, 0.05) is 13.1 Å². The van der Waals surface area contributed by atoms with Crippen molar-refractivity contribution in [1.29, 1.82) is 0 Å². The van der Waals surface area contributed by atoms with Gasteiger partial charge < -0.3 is 24.4 Å². The second-order valence-corrected chi connectivity index (χ2v) is 5.64. The summed E-state index contributed by atoms with van der Waals surface area (Å²) in [5, 5.41) is 2.77. The maximum absolute atomic E-state index is 12.1. The maximum atomic E-state index is 12.1. The first kappa shape index (κ1) is 17.9. The third-order valence-electron chi connectivity index (χ3n) is 3.92. The molecule has 0 spiro atoms.